The van der Waals surface area contributed by atoms with Gasteiger partial charge in [-0.15, -0.1) is 10.2 Å². The lowest BCUT2D eigenvalue weighted by molar-refractivity contribution is 0.102. The summed E-state index contributed by atoms with van der Waals surface area (Å²) in [5.41, 5.74) is 2.90. The van der Waals surface area contributed by atoms with Crippen LogP contribution in [-0.2, 0) is 12.0 Å². The van der Waals surface area contributed by atoms with Gasteiger partial charge in [-0.1, -0.05) is 68.9 Å². The summed E-state index contributed by atoms with van der Waals surface area (Å²) in [4.78, 5) is 12.7. The van der Waals surface area contributed by atoms with Crippen molar-refractivity contribution in [3.8, 4) is 17.1 Å². The number of aromatic nitrogens is 3. The molecule has 2 aromatic carbocycles. The Morgan fingerprint density at radius 1 is 1.07 bits per heavy atom. The number of para-hydroxylation sites is 1. The molecule has 29 heavy (non-hydrogen) atoms. The number of thioether (sulfide) groups is 1. The van der Waals surface area contributed by atoms with Crippen molar-refractivity contribution in [3.63, 3.8) is 0 Å². The van der Waals surface area contributed by atoms with Gasteiger partial charge in [-0.25, -0.2) is 0 Å². The molecule has 0 aliphatic carbocycles. The number of ketones is 1. The first kappa shape index (κ1) is 21.1. The number of hydrogen-bond donors (Lipinski definition) is 0. The molecule has 3 aromatic rings. The first-order valence-corrected chi connectivity index (χ1v) is 10.7. The lowest BCUT2D eigenvalue weighted by atomic mass is 9.86. The summed E-state index contributed by atoms with van der Waals surface area (Å²) in [6.07, 6.45) is 0. The molecule has 0 unspecified atom stereocenters. The zero-order valence-electron chi connectivity index (χ0n) is 17.6. The smallest absolute Gasteiger partial charge is 0.191 e. The van der Waals surface area contributed by atoms with Gasteiger partial charge in [-0.3, -0.25) is 4.79 Å². The summed E-state index contributed by atoms with van der Waals surface area (Å²) < 4.78 is 7.47. The van der Waals surface area contributed by atoms with Gasteiger partial charge in [0.05, 0.1) is 18.4 Å². The summed E-state index contributed by atoms with van der Waals surface area (Å²) >= 11 is 1.41. The topological polar surface area (TPSA) is 57.0 Å². The second-order valence-electron chi connectivity index (χ2n) is 7.79. The van der Waals surface area contributed by atoms with Crippen molar-refractivity contribution in [1.29, 1.82) is 0 Å². The number of rotatable bonds is 7. The highest BCUT2D eigenvalue weighted by Gasteiger charge is 2.18. The van der Waals surface area contributed by atoms with Gasteiger partial charge in [-0.2, -0.15) is 0 Å². The monoisotopic (exact) mass is 409 g/mol. The van der Waals surface area contributed by atoms with E-state index in [0.29, 0.717) is 12.3 Å². The number of hydrogen-bond acceptors (Lipinski definition) is 5. The van der Waals surface area contributed by atoms with E-state index in [2.05, 4.69) is 31.0 Å². The van der Waals surface area contributed by atoms with Gasteiger partial charge in [-0.05, 0) is 30.0 Å². The number of Topliss-reactive ketones (excluding diaryl/α,β-unsaturated/α-hetero) is 1. The number of nitrogens with zero attached hydrogens (tertiary/aromatic N) is 3. The molecule has 0 aliphatic rings. The fraction of sp³-hybridized carbons (Fsp3) is 0.348. The zero-order valence-corrected chi connectivity index (χ0v) is 18.4. The second kappa shape index (κ2) is 8.82. The largest absolute Gasteiger partial charge is 0.496 e. The van der Waals surface area contributed by atoms with Crippen molar-refractivity contribution in [2.45, 2.75) is 44.8 Å². The maximum atomic E-state index is 12.7. The van der Waals surface area contributed by atoms with Crippen LogP contribution in [0.1, 0.15) is 43.6 Å². The van der Waals surface area contributed by atoms with Gasteiger partial charge >= 0.3 is 0 Å². The molecule has 0 N–H and O–H groups in total. The average molecular weight is 410 g/mol. The third kappa shape index (κ3) is 4.70. The van der Waals surface area contributed by atoms with Crippen molar-refractivity contribution in [1.82, 2.24) is 14.8 Å². The first-order chi connectivity index (χ1) is 13.8. The van der Waals surface area contributed by atoms with E-state index in [1.165, 1.54) is 17.3 Å². The van der Waals surface area contributed by atoms with E-state index in [1.807, 2.05) is 60.0 Å². The number of methoxy groups -OCH3 is 1. The Balaban J connectivity index is 1.76. The molecule has 1 aromatic heterocycles. The van der Waals surface area contributed by atoms with Crippen LogP contribution in [0.4, 0.5) is 0 Å². The molecule has 0 radical (unpaired) electrons. The van der Waals surface area contributed by atoms with Crippen LogP contribution in [0.5, 0.6) is 5.75 Å². The van der Waals surface area contributed by atoms with Crippen LogP contribution in [0, 0.1) is 0 Å². The number of carbonyl (C=O) groups excluding carboxylic acids is 1. The highest BCUT2D eigenvalue weighted by Crippen LogP contribution is 2.31. The quantitative estimate of drug-likeness (QED) is 0.394. The van der Waals surface area contributed by atoms with Crippen molar-refractivity contribution in [3.05, 3.63) is 59.7 Å². The molecular weight excluding hydrogens is 382 g/mol. The Morgan fingerprint density at radius 2 is 1.76 bits per heavy atom. The van der Waals surface area contributed by atoms with Crippen LogP contribution >= 0.6 is 11.8 Å². The maximum Gasteiger partial charge on any atom is 0.191 e. The predicted octanol–water partition coefficient (Wildman–Crippen LogP) is 5.25. The summed E-state index contributed by atoms with van der Waals surface area (Å²) in [5.74, 6) is 1.90. The number of carbonyl (C=O) groups is 1. The summed E-state index contributed by atoms with van der Waals surface area (Å²) in [5, 5.41) is 9.40. The minimum Gasteiger partial charge on any atom is -0.496 e. The minimum atomic E-state index is 0.0722. The molecule has 6 heteroatoms. The van der Waals surface area contributed by atoms with Crippen LogP contribution in [0.15, 0.2) is 53.7 Å². The second-order valence-corrected chi connectivity index (χ2v) is 8.73. The Morgan fingerprint density at radius 3 is 2.38 bits per heavy atom. The Hall–Kier alpha value is -2.60. The Kier molecular flexibility index (Phi) is 6.42. The van der Waals surface area contributed by atoms with E-state index >= 15 is 0 Å². The van der Waals surface area contributed by atoms with Crippen molar-refractivity contribution < 1.29 is 9.53 Å². The Bertz CT molecular complexity index is 988. The average Bonchev–Trinajstić information content (AvgIpc) is 3.14. The standard InChI is InChI=1S/C23H27N3O2S/c1-6-26-21(18-9-7-8-10-20(18)28-5)24-25-22(26)29-15-19(27)16-11-13-17(14-12-16)23(2,3)4/h7-14H,6,15H2,1-5H3. The lowest BCUT2D eigenvalue weighted by Gasteiger charge is -2.18. The molecule has 0 saturated heterocycles. The van der Waals surface area contributed by atoms with Crippen LogP contribution in [0.3, 0.4) is 0 Å². The highest BCUT2D eigenvalue weighted by atomic mass is 32.2. The Labute approximate surface area is 176 Å². The van der Waals surface area contributed by atoms with Crippen LogP contribution in [0.25, 0.3) is 11.4 Å². The molecule has 1 heterocycles. The zero-order chi connectivity index (χ0) is 21.0. The molecule has 0 aliphatic heterocycles. The van der Waals surface area contributed by atoms with Crippen molar-refractivity contribution in [2.24, 2.45) is 0 Å². The third-order valence-electron chi connectivity index (χ3n) is 4.79. The molecule has 0 atom stereocenters. The molecule has 0 spiro atoms. The molecule has 152 valence electrons. The highest BCUT2D eigenvalue weighted by molar-refractivity contribution is 7.99. The SMILES string of the molecule is CCn1c(SCC(=O)c2ccc(C(C)(C)C)cc2)nnc1-c1ccccc1OC. The molecule has 3 rings (SSSR count). The minimum absolute atomic E-state index is 0.0722. The van der Waals surface area contributed by atoms with E-state index in [0.717, 1.165) is 27.9 Å². The third-order valence-corrected chi connectivity index (χ3v) is 5.75. The predicted molar refractivity (Wildman–Crippen MR) is 118 cm³/mol. The van der Waals surface area contributed by atoms with Gasteiger partial charge in [0, 0.05) is 12.1 Å². The maximum absolute atomic E-state index is 12.7. The van der Waals surface area contributed by atoms with Crippen LogP contribution < -0.4 is 4.74 Å². The lowest BCUT2D eigenvalue weighted by Crippen LogP contribution is -2.11. The fourth-order valence-electron chi connectivity index (χ4n) is 3.08. The van der Waals surface area contributed by atoms with E-state index in [4.69, 9.17) is 4.74 Å². The normalized spacial score (nSPS) is 11.5. The molecule has 0 fully saturated rings. The van der Waals surface area contributed by atoms with Gasteiger partial charge in [0.15, 0.2) is 16.8 Å². The molecular formula is C23H27N3O2S. The molecule has 0 saturated carbocycles. The van der Waals surface area contributed by atoms with Gasteiger partial charge in [0.1, 0.15) is 5.75 Å². The van der Waals surface area contributed by atoms with Crippen LogP contribution in [-0.4, -0.2) is 33.4 Å². The van der Waals surface area contributed by atoms with E-state index in [1.54, 1.807) is 7.11 Å². The molecule has 0 bridgehead atoms. The van der Waals surface area contributed by atoms with Crippen molar-refractivity contribution in [2.75, 3.05) is 12.9 Å². The van der Waals surface area contributed by atoms with E-state index < -0.39 is 0 Å². The first-order valence-electron chi connectivity index (χ1n) is 9.68. The molecule has 5 nitrogen and oxygen atoms in total. The van der Waals surface area contributed by atoms with Gasteiger partial charge < -0.3 is 9.30 Å². The number of benzene rings is 2. The number of ether oxygens (including phenoxy) is 1. The molecule has 0 amide bonds. The fourth-order valence-corrected chi connectivity index (χ4v) is 3.98. The van der Waals surface area contributed by atoms with Crippen molar-refractivity contribution >= 4 is 17.5 Å². The summed E-state index contributed by atoms with van der Waals surface area (Å²) in [6.45, 7) is 9.24. The van der Waals surface area contributed by atoms with E-state index in [-0.39, 0.29) is 11.2 Å². The summed E-state index contributed by atoms with van der Waals surface area (Å²) in [7, 11) is 1.64. The van der Waals surface area contributed by atoms with E-state index in [9.17, 15) is 4.79 Å². The van der Waals surface area contributed by atoms with Crippen LogP contribution in [0.2, 0.25) is 0 Å². The van der Waals surface area contributed by atoms with Gasteiger partial charge in [0.25, 0.3) is 0 Å². The van der Waals surface area contributed by atoms with Gasteiger partial charge in [0.2, 0.25) is 0 Å². The summed E-state index contributed by atoms with van der Waals surface area (Å²) in [6, 6.07) is 15.6.